The van der Waals surface area contributed by atoms with Crippen LogP contribution in [0.1, 0.15) is 52.4 Å². The zero-order chi connectivity index (χ0) is 9.97. The number of allylic oxidation sites excluding steroid dienone is 4. The summed E-state index contributed by atoms with van der Waals surface area (Å²) in [6, 6.07) is 0. The lowest BCUT2D eigenvalue weighted by Crippen LogP contribution is -1.94. The fourth-order valence-corrected chi connectivity index (χ4v) is 2.81. The summed E-state index contributed by atoms with van der Waals surface area (Å²) < 4.78 is 0. The molecule has 0 bridgehead atoms. The van der Waals surface area contributed by atoms with E-state index < -0.39 is 0 Å². The van der Waals surface area contributed by atoms with E-state index in [9.17, 15) is 0 Å². The molecule has 0 N–H and O–H groups in total. The topological polar surface area (TPSA) is 0 Å². The SMILES string of the molecule is CC(C)CC1=CC(C2CCCC2)=CC1. The fourth-order valence-electron chi connectivity index (χ4n) is 2.81. The monoisotopic (exact) mass is 190 g/mol. The highest BCUT2D eigenvalue weighted by Crippen LogP contribution is 2.36. The van der Waals surface area contributed by atoms with Gasteiger partial charge in [-0.05, 0) is 43.1 Å². The van der Waals surface area contributed by atoms with Gasteiger partial charge in [-0.2, -0.15) is 0 Å². The molecule has 0 aliphatic heterocycles. The molecule has 0 heteroatoms. The molecule has 0 nitrogen and oxygen atoms in total. The lowest BCUT2D eigenvalue weighted by Gasteiger charge is -2.08. The molecule has 1 saturated carbocycles. The Balaban J connectivity index is 1.92. The largest absolute Gasteiger partial charge is 0.0770 e. The van der Waals surface area contributed by atoms with Crippen molar-refractivity contribution in [3.05, 3.63) is 23.3 Å². The third-order valence-electron chi connectivity index (χ3n) is 3.47. The highest BCUT2D eigenvalue weighted by atomic mass is 14.3. The smallest absolute Gasteiger partial charge is 0.0130 e. The maximum absolute atomic E-state index is 2.50. The molecule has 2 rings (SSSR count). The molecule has 0 aromatic carbocycles. The van der Waals surface area contributed by atoms with Crippen LogP contribution in [0.4, 0.5) is 0 Å². The predicted molar refractivity (Wildman–Crippen MR) is 62.2 cm³/mol. The van der Waals surface area contributed by atoms with Crippen LogP contribution < -0.4 is 0 Å². The van der Waals surface area contributed by atoms with Gasteiger partial charge in [0.1, 0.15) is 0 Å². The third-order valence-corrected chi connectivity index (χ3v) is 3.47. The van der Waals surface area contributed by atoms with Crippen LogP contribution in [0, 0.1) is 11.8 Å². The Labute approximate surface area is 88.1 Å². The zero-order valence-electron chi connectivity index (χ0n) is 9.55. The van der Waals surface area contributed by atoms with E-state index in [1.165, 1.54) is 38.5 Å². The standard InChI is InChI=1S/C14H22/c1-11(2)9-12-7-8-14(10-12)13-5-3-4-6-13/h8,10-11,13H,3-7,9H2,1-2H3. The minimum Gasteiger partial charge on any atom is -0.0770 e. The fraction of sp³-hybridized carbons (Fsp3) is 0.714. The first-order valence-corrected chi connectivity index (χ1v) is 6.15. The van der Waals surface area contributed by atoms with Gasteiger partial charge in [0.2, 0.25) is 0 Å². The first kappa shape index (κ1) is 10.0. The van der Waals surface area contributed by atoms with Gasteiger partial charge in [0.05, 0.1) is 0 Å². The molecule has 78 valence electrons. The van der Waals surface area contributed by atoms with E-state index >= 15 is 0 Å². The van der Waals surface area contributed by atoms with Crippen LogP contribution in [0.5, 0.6) is 0 Å². The van der Waals surface area contributed by atoms with E-state index in [4.69, 9.17) is 0 Å². The highest BCUT2D eigenvalue weighted by Gasteiger charge is 2.20. The second-order valence-electron chi connectivity index (χ2n) is 5.29. The Morgan fingerprint density at radius 1 is 1.29 bits per heavy atom. The molecule has 0 aromatic rings. The van der Waals surface area contributed by atoms with Gasteiger partial charge in [-0.1, -0.05) is 44.4 Å². The van der Waals surface area contributed by atoms with Crippen LogP contribution in [0.3, 0.4) is 0 Å². The molecule has 14 heavy (non-hydrogen) atoms. The van der Waals surface area contributed by atoms with E-state index in [1.54, 1.807) is 11.1 Å². The van der Waals surface area contributed by atoms with Crippen LogP contribution in [-0.2, 0) is 0 Å². The quantitative estimate of drug-likeness (QED) is 0.615. The van der Waals surface area contributed by atoms with Crippen molar-refractivity contribution >= 4 is 0 Å². The van der Waals surface area contributed by atoms with E-state index in [2.05, 4.69) is 26.0 Å². The third kappa shape index (κ3) is 2.29. The molecule has 0 spiro atoms. The van der Waals surface area contributed by atoms with Crippen molar-refractivity contribution in [1.29, 1.82) is 0 Å². The Bertz CT molecular complexity index is 249. The number of hydrogen-bond acceptors (Lipinski definition) is 0. The van der Waals surface area contributed by atoms with Crippen LogP contribution in [0.25, 0.3) is 0 Å². The van der Waals surface area contributed by atoms with Crippen LogP contribution in [-0.4, -0.2) is 0 Å². The first-order chi connectivity index (χ1) is 6.75. The Morgan fingerprint density at radius 3 is 2.64 bits per heavy atom. The molecule has 0 aromatic heterocycles. The van der Waals surface area contributed by atoms with Crippen molar-refractivity contribution < 1.29 is 0 Å². The number of rotatable bonds is 3. The highest BCUT2D eigenvalue weighted by molar-refractivity contribution is 5.34. The van der Waals surface area contributed by atoms with Gasteiger partial charge < -0.3 is 0 Å². The van der Waals surface area contributed by atoms with Gasteiger partial charge in [-0.15, -0.1) is 0 Å². The van der Waals surface area contributed by atoms with Gasteiger partial charge in [0, 0.05) is 0 Å². The summed E-state index contributed by atoms with van der Waals surface area (Å²) in [6.07, 6.45) is 13.3. The minimum atomic E-state index is 0.817. The molecular weight excluding hydrogens is 168 g/mol. The van der Waals surface area contributed by atoms with Crippen molar-refractivity contribution in [3.8, 4) is 0 Å². The predicted octanol–water partition coefficient (Wildman–Crippen LogP) is 4.48. The second kappa shape index (κ2) is 4.33. The molecule has 0 heterocycles. The summed E-state index contributed by atoms with van der Waals surface area (Å²) in [5.74, 6) is 1.73. The summed E-state index contributed by atoms with van der Waals surface area (Å²) >= 11 is 0. The van der Waals surface area contributed by atoms with Crippen molar-refractivity contribution in [2.45, 2.75) is 52.4 Å². The summed E-state index contributed by atoms with van der Waals surface area (Å²) in [5.41, 5.74) is 3.33. The molecule has 0 atom stereocenters. The zero-order valence-corrected chi connectivity index (χ0v) is 9.55. The normalized spacial score (nSPS) is 23.1. The Kier molecular flexibility index (Phi) is 3.10. The number of hydrogen-bond donors (Lipinski definition) is 0. The molecule has 1 fully saturated rings. The molecule has 2 aliphatic rings. The Hall–Kier alpha value is -0.520. The van der Waals surface area contributed by atoms with Crippen molar-refractivity contribution in [3.63, 3.8) is 0 Å². The molecule has 0 radical (unpaired) electrons. The summed E-state index contributed by atoms with van der Waals surface area (Å²) in [4.78, 5) is 0. The van der Waals surface area contributed by atoms with Gasteiger partial charge in [-0.25, -0.2) is 0 Å². The van der Waals surface area contributed by atoms with Gasteiger partial charge >= 0.3 is 0 Å². The Morgan fingerprint density at radius 2 is 2.00 bits per heavy atom. The minimum absolute atomic E-state index is 0.817. The summed E-state index contributed by atoms with van der Waals surface area (Å²) in [7, 11) is 0. The van der Waals surface area contributed by atoms with Gasteiger partial charge in [-0.3, -0.25) is 0 Å². The van der Waals surface area contributed by atoms with Crippen LogP contribution in [0.2, 0.25) is 0 Å². The van der Waals surface area contributed by atoms with Crippen LogP contribution in [0.15, 0.2) is 23.3 Å². The van der Waals surface area contributed by atoms with Gasteiger partial charge in [0.15, 0.2) is 0 Å². The maximum atomic E-state index is 2.50. The molecular formula is C14H22. The first-order valence-electron chi connectivity index (χ1n) is 6.15. The average molecular weight is 190 g/mol. The van der Waals surface area contributed by atoms with E-state index in [1.807, 2.05) is 0 Å². The van der Waals surface area contributed by atoms with E-state index in [-0.39, 0.29) is 0 Å². The summed E-state index contributed by atoms with van der Waals surface area (Å²) in [5, 5.41) is 0. The molecule has 0 saturated heterocycles. The van der Waals surface area contributed by atoms with Crippen molar-refractivity contribution in [2.24, 2.45) is 11.8 Å². The molecule has 0 amide bonds. The molecule has 2 aliphatic carbocycles. The molecule has 0 unspecified atom stereocenters. The van der Waals surface area contributed by atoms with Crippen molar-refractivity contribution in [1.82, 2.24) is 0 Å². The average Bonchev–Trinajstić information content (AvgIpc) is 2.69. The lowest BCUT2D eigenvalue weighted by atomic mass is 9.98. The van der Waals surface area contributed by atoms with Crippen molar-refractivity contribution in [2.75, 3.05) is 0 Å². The summed E-state index contributed by atoms with van der Waals surface area (Å²) in [6.45, 7) is 4.63. The second-order valence-corrected chi connectivity index (χ2v) is 5.29. The lowest BCUT2D eigenvalue weighted by molar-refractivity contribution is 0.636. The van der Waals surface area contributed by atoms with E-state index in [0.29, 0.717) is 0 Å². The van der Waals surface area contributed by atoms with Gasteiger partial charge in [0.25, 0.3) is 0 Å². The maximum Gasteiger partial charge on any atom is -0.0130 e. The van der Waals surface area contributed by atoms with E-state index in [0.717, 1.165) is 11.8 Å². The van der Waals surface area contributed by atoms with Crippen LogP contribution >= 0.6 is 0 Å².